The van der Waals surface area contributed by atoms with Crippen molar-refractivity contribution in [3.63, 3.8) is 0 Å². The number of anilines is 2. The molecule has 0 aliphatic rings. The first kappa shape index (κ1) is 14.4. The number of aromatic nitrogens is 2. The van der Waals surface area contributed by atoms with Gasteiger partial charge in [-0.2, -0.15) is 0 Å². The van der Waals surface area contributed by atoms with Crippen molar-refractivity contribution in [3.05, 3.63) is 33.2 Å². The summed E-state index contributed by atoms with van der Waals surface area (Å²) in [6, 6.07) is 3.97. The number of rotatable bonds is 3. The van der Waals surface area contributed by atoms with Gasteiger partial charge in [0.15, 0.2) is 0 Å². The Morgan fingerprint density at radius 3 is 2.65 bits per heavy atom. The molecule has 2 aromatic rings. The maximum Gasteiger partial charge on any atom is 0.337 e. The Labute approximate surface area is 126 Å². The zero-order chi connectivity index (χ0) is 14.7. The average Bonchev–Trinajstić information content (AvgIpc) is 2.76. The summed E-state index contributed by atoms with van der Waals surface area (Å²) in [6.45, 7) is 1.76. The number of nitrogens with zero attached hydrogens (tertiary/aromatic N) is 2. The molecule has 0 saturated carbocycles. The summed E-state index contributed by atoms with van der Waals surface area (Å²) < 4.78 is 0.612. The first-order chi connectivity index (χ1) is 9.45. The van der Waals surface area contributed by atoms with Crippen LogP contribution in [0, 0.1) is 6.92 Å². The predicted molar refractivity (Wildman–Crippen MR) is 78.4 cm³/mol. The molecule has 20 heavy (non-hydrogen) atoms. The summed E-state index contributed by atoms with van der Waals surface area (Å²) in [5, 5.41) is 22.6. The van der Waals surface area contributed by atoms with E-state index in [0.717, 1.165) is 5.01 Å². The van der Waals surface area contributed by atoms with Crippen molar-refractivity contribution < 1.29 is 14.7 Å². The molecule has 0 bridgehead atoms. The number of halogens is 1. The molecule has 0 fully saturated rings. The minimum Gasteiger partial charge on any atom is -0.478 e. The lowest BCUT2D eigenvalue weighted by Gasteiger charge is -2.08. The van der Waals surface area contributed by atoms with Crippen LogP contribution in [0.1, 0.15) is 15.4 Å². The monoisotopic (exact) mass is 356 g/mol. The van der Waals surface area contributed by atoms with E-state index in [2.05, 4.69) is 36.8 Å². The minimum atomic E-state index is -1.13. The van der Waals surface area contributed by atoms with E-state index in [1.165, 1.54) is 23.5 Å². The Morgan fingerprint density at radius 1 is 1.30 bits per heavy atom. The first-order valence-corrected chi connectivity index (χ1v) is 6.97. The molecule has 0 saturated heterocycles. The summed E-state index contributed by atoms with van der Waals surface area (Å²) >= 11 is 4.40. The van der Waals surface area contributed by atoms with E-state index in [1.54, 1.807) is 13.0 Å². The standard InChI is InChI=1S/C11H9BrN4O3S/c1-5-15-16-11(20-5)14-10(19)13-8-3-2-6(12)4-7(8)9(17)18/h2-4H,1H3,(H,17,18)(H2,13,14,16,19). The third-order valence-electron chi connectivity index (χ3n) is 2.21. The molecule has 1 heterocycles. The normalized spacial score (nSPS) is 10.1. The number of urea groups is 1. The van der Waals surface area contributed by atoms with Crippen molar-refractivity contribution in [2.24, 2.45) is 0 Å². The third kappa shape index (κ3) is 3.52. The van der Waals surface area contributed by atoms with Gasteiger partial charge in [0, 0.05) is 4.47 Å². The van der Waals surface area contributed by atoms with Crippen LogP contribution < -0.4 is 10.6 Å². The molecule has 0 spiro atoms. The van der Waals surface area contributed by atoms with Crippen molar-refractivity contribution in [2.45, 2.75) is 6.92 Å². The maximum atomic E-state index is 11.8. The fraction of sp³-hybridized carbons (Fsp3) is 0.0909. The van der Waals surface area contributed by atoms with E-state index in [4.69, 9.17) is 5.11 Å². The van der Waals surface area contributed by atoms with Crippen LogP contribution in [0.3, 0.4) is 0 Å². The molecule has 3 N–H and O–H groups in total. The molecule has 0 atom stereocenters. The zero-order valence-corrected chi connectivity index (χ0v) is 12.6. The number of carboxylic acids is 1. The third-order valence-corrected chi connectivity index (χ3v) is 3.45. The molecule has 1 aromatic heterocycles. The van der Waals surface area contributed by atoms with E-state index < -0.39 is 12.0 Å². The topological polar surface area (TPSA) is 104 Å². The van der Waals surface area contributed by atoms with E-state index in [9.17, 15) is 9.59 Å². The van der Waals surface area contributed by atoms with Gasteiger partial charge in [-0.3, -0.25) is 5.32 Å². The van der Waals surface area contributed by atoms with Crippen molar-refractivity contribution in [2.75, 3.05) is 10.6 Å². The van der Waals surface area contributed by atoms with Crippen LogP contribution in [0.2, 0.25) is 0 Å². The number of hydrogen-bond donors (Lipinski definition) is 3. The molecule has 0 radical (unpaired) electrons. The van der Waals surface area contributed by atoms with Gasteiger partial charge in [0.2, 0.25) is 5.13 Å². The Hall–Kier alpha value is -2.00. The molecule has 0 aliphatic heterocycles. The van der Waals surface area contributed by atoms with Gasteiger partial charge in [0.05, 0.1) is 11.3 Å². The summed E-state index contributed by atoms with van der Waals surface area (Å²) in [4.78, 5) is 22.9. The second kappa shape index (κ2) is 5.97. The smallest absolute Gasteiger partial charge is 0.337 e. The van der Waals surface area contributed by atoms with Crippen molar-refractivity contribution >= 4 is 50.1 Å². The van der Waals surface area contributed by atoms with E-state index >= 15 is 0 Å². The Bertz CT molecular complexity index is 673. The number of carbonyl (C=O) groups excluding carboxylic acids is 1. The fourth-order valence-corrected chi connectivity index (χ4v) is 2.35. The van der Waals surface area contributed by atoms with Gasteiger partial charge in [-0.25, -0.2) is 9.59 Å². The lowest BCUT2D eigenvalue weighted by Crippen LogP contribution is -2.21. The van der Waals surface area contributed by atoms with Crippen LogP contribution in [0.5, 0.6) is 0 Å². The number of aromatic carboxylic acids is 1. The Kier molecular flexibility index (Phi) is 4.30. The molecule has 0 aliphatic carbocycles. The Morgan fingerprint density at radius 2 is 2.05 bits per heavy atom. The van der Waals surface area contributed by atoms with Crippen LogP contribution in [0.4, 0.5) is 15.6 Å². The highest BCUT2D eigenvalue weighted by molar-refractivity contribution is 9.10. The highest BCUT2D eigenvalue weighted by Gasteiger charge is 2.14. The second-order valence-electron chi connectivity index (χ2n) is 3.70. The van der Waals surface area contributed by atoms with Gasteiger partial charge < -0.3 is 10.4 Å². The van der Waals surface area contributed by atoms with Gasteiger partial charge in [0.1, 0.15) is 5.01 Å². The highest BCUT2D eigenvalue weighted by Crippen LogP contribution is 2.21. The van der Waals surface area contributed by atoms with Gasteiger partial charge >= 0.3 is 12.0 Å². The molecular weight excluding hydrogens is 348 g/mol. The molecule has 0 unspecified atom stereocenters. The van der Waals surface area contributed by atoms with Crippen LogP contribution in [-0.2, 0) is 0 Å². The minimum absolute atomic E-state index is 0.0111. The maximum absolute atomic E-state index is 11.8. The van der Waals surface area contributed by atoms with Gasteiger partial charge in [-0.1, -0.05) is 27.3 Å². The lowest BCUT2D eigenvalue weighted by atomic mass is 10.2. The van der Waals surface area contributed by atoms with Crippen molar-refractivity contribution in [1.82, 2.24) is 10.2 Å². The van der Waals surface area contributed by atoms with Crippen molar-refractivity contribution in [3.8, 4) is 0 Å². The molecule has 104 valence electrons. The van der Waals surface area contributed by atoms with Crippen molar-refractivity contribution in [1.29, 1.82) is 0 Å². The fourth-order valence-electron chi connectivity index (χ4n) is 1.40. The number of aryl methyl sites for hydroxylation is 1. The SMILES string of the molecule is Cc1nnc(NC(=O)Nc2ccc(Br)cc2C(=O)O)s1. The number of hydrogen-bond acceptors (Lipinski definition) is 5. The van der Waals surface area contributed by atoms with Gasteiger partial charge in [-0.15, -0.1) is 10.2 Å². The van der Waals surface area contributed by atoms with E-state index in [1.807, 2.05) is 0 Å². The number of nitrogens with one attached hydrogen (secondary N) is 2. The molecule has 2 amide bonds. The summed E-state index contributed by atoms with van der Waals surface area (Å²) in [5.41, 5.74) is 0.183. The molecule has 1 aromatic carbocycles. The molecule has 2 rings (SSSR count). The van der Waals surface area contributed by atoms with Gasteiger partial charge in [-0.05, 0) is 25.1 Å². The highest BCUT2D eigenvalue weighted by atomic mass is 79.9. The zero-order valence-electron chi connectivity index (χ0n) is 10.2. The Balaban J connectivity index is 2.13. The number of carbonyl (C=O) groups is 2. The lowest BCUT2D eigenvalue weighted by molar-refractivity contribution is 0.0698. The summed E-state index contributed by atoms with van der Waals surface area (Å²) in [5.74, 6) is -1.13. The van der Waals surface area contributed by atoms with Crippen LogP contribution in [-0.4, -0.2) is 27.3 Å². The average molecular weight is 357 g/mol. The van der Waals surface area contributed by atoms with E-state index in [-0.39, 0.29) is 11.3 Å². The molecule has 9 heteroatoms. The van der Waals surface area contributed by atoms with Crippen LogP contribution >= 0.6 is 27.3 Å². The summed E-state index contributed by atoms with van der Waals surface area (Å²) in [7, 11) is 0. The second-order valence-corrected chi connectivity index (χ2v) is 5.80. The number of amides is 2. The van der Waals surface area contributed by atoms with Gasteiger partial charge in [0.25, 0.3) is 0 Å². The van der Waals surface area contributed by atoms with E-state index in [0.29, 0.717) is 9.60 Å². The molecule has 7 nitrogen and oxygen atoms in total. The summed E-state index contributed by atoms with van der Waals surface area (Å²) in [6.07, 6.45) is 0. The quantitative estimate of drug-likeness (QED) is 0.784. The van der Waals surface area contributed by atoms with Crippen LogP contribution in [0.15, 0.2) is 22.7 Å². The molecular formula is C11H9BrN4O3S. The number of carboxylic acid groups (broad SMARTS) is 1. The number of benzene rings is 1. The predicted octanol–water partition coefficient (Wildman–Crippen LogP) is 2.95. The largest absolute Gasteiger partial charge is 0.478 e. The first-order valence-electron chi connectivity index (χ1n) is 5.36. The van der Waals surface area contributed by atoms with Crippen LogP contribution in [0.25, 0.3) is 0 Å².